The Morgan fingerprint density at radius 3 is 2.41 bits per heavy atom. The van der Waals surface area contributed by atoms with E-state index in [0.29, 0.717) is 10.0 Å². The molecule has 0 unspecified atom stereocenters. The molecule has 116 valence electrons. The Balaban J connectivity index is 1.98. The number of nitrogens with one attached hydrogen (secondary N) is 1. The lowest BCUT2D eigenvalue weighted by Crippen LogP contribution is -2.91. The normalized spacial score (nSPS) is 13.5. The summed E-state index contributed by atoms with van der Waals surface area (Å²) in [6.45, 7) is 3.89. The lowest BCUT2D eigenvalue weighted by atomic mass is 10.1. The van der Waals surface area contributed by atoms with Gasteiger partial charge in [0.05, 0.1) is 5.02 Å². The molecule has 0 heterocycles. The first-order valence-corrected chi connectivity index (χ1v) is 7.89. The fourth-order valence-electron chi connectivity index (χ4n) is 2.27. The van der Waals surface area contributed by atoms with Gasteiger partial charge in [-0.2, -0.15) is 0 Å². The van der Waals surface area contributed by atoms with Crippen LogP contribution in [-0.2, 0) is 4.79 Å². The van der Waals surface area contributed by atoms with Crippen LogP contribution in [0.5, 0.6) is 0 Å². The van der Waals surface area contributed by atoms with E-state index in [-0.39, 0.29) is 18.0 Å². The van der Waals surface area contributed by atoms with Crippen molar-refractivity contribution >= 4 is 34.8 Å². The van der Waals surface area contributed by atoms with Crippen LogP contribution in [0, 0.1) is 0 Å². The number of carbonyl (C=O) groups excluding carboxylic acids is 1. The first-order valence-electron chi connectivity index (χ1n) is 7.13. The molecule has 3 nitrogen and oxygen atoms in total. The van der Waals surface area contributed by atoms with Gasteiger partial charge >= 0.3 is 0 Å². The van der Waals surface area contributed by atoms with Gasteiger partial charge in [0.15, 0.2) is 6.04 Å². The third-order valence-corrected chi connectivity index (χ3v) is 4.05. The fourth-order valence-corrected chi connectivity index (χ4v) is 2.85. The lowest BCUT2D eigenvalue weighted by Gasteiger charge is -2.18. The van der Waals surface area contributed by atoms with Crippen molar-refractivity contribution in [2.24, 2.45) is 0 Å². The maximum absolute atomic E-state index is 12.2. The Morgan fingerprint density at radius 1 is 1.09 bits per heavy atom. The maximum atomic E-state index is 12.2. The second-order valence-electron chi connectivity index (χ2n) is 5.29. The molecule has 22 heavy (non-hydrogen) atoms. The second-order valence-corrected chi connectivity index (χ2v) is 6.13. The first-order chi connectivity index (χ1) is 10.5. The smallest absolute Gasteiger partial charge is 0.282 e. The molecule has 0 fully saturated rings. The van der Waals surface area contributed by atoms with E-state index in [9.17, 15) is 4.79 Å². The molecular formula is C17H19Cl2N2O+. The summed E-state index contributed by atoms with van der Waals surface area (Å²) in [5.41, 5.74) is 1.76. The van der Waals surface area contributed by atoms with E-state index in [0.717, 1.165) is 11.3 Å². The van der Waals surface area contributed by atoms with Crippen LogP contribution in [0.25, 0.3) is 0 Å². The number of rotatable bonds is 5. The zero-order chi connectivity index (χ0) is 16.1. The largest absolute Gasteiger partial charge is 0.330 e. The van der Waals surface area contributed by atoms with Gasteiger partial charge in [0.1, 0.15) is 6.04 Å². The number of hydrogen-bond donors (Lipinski definition) is 2. The predicted molar refractivity (Wildman–Crippen MR) is 91.3 cm³/mol. The summed E-state index contributed by atoms with van der Waals surface area (Å²) < 4.78 is 0. The molecule has 0 aliphatic heterocycles. The Kier molecular flexibility index (Phi) is 5.83. The fraction of sp³-hybridized carbons (Fsp3) is 0.235. The van der Waals surface area contributed by atoms with Gasteiger partial charge in [-0.1, -0.05) is 47.5 Å². The summed E-state index contributed by atoms with van der Waals surface area (Å²) in [5.74, 6) is -0.0388. The Bertz CT molecular complexity index is 646. The maximum Gasteiger partial charge on any atom is 0.282 e. The number of nitrogens with two attached hydrogens (primary N) is 1. The second kappa shape index (κ2) is 7.63. The van der Waals surface area contributed by atoms with Crippen LogP contribution >= 0.6 is 23.2 Å². The van der Waals surface area contributed by atoms with E-state index < -0.39 is 0 Å². The van der Waals surface area contributed by atoms with Crippen molar-refractivity contribution in [1.29, 1.82) is 0 Å². The van der Waals surface area contributed by atoms with E-state index >= 15 is 0 Å². The molecule has 2 rings (SSSR count). The third-order valence-electron chi connectivity index (χ3n) is 3.49. The molecule has 2 aromatic carbocycles. The van der Waals surface area contributed by atoms with Gasteiger partial charge in [-0.3, -0.25) is 4.79 Å². The van der Waals surface area contributed by atoms with Crippen LogP contribution in [0.15, 0.2) is 48.5 Å². The highest BCUT2D eigenvalue weighted by atomic mass is 35.5. The van der Waals surface area contributed by atoms with Crippen LogP contribution in [0.2, 0.25) is 10.0 Å². The molecule has 0 bridgehead atoms. The third kappa shape index (κ3) is 4.47. The number of amides is 1. The van der Waals surface area contributed by atoms with Crippen molar-refractivity contribution in [3.8, 4) is 0 Å². The van der Waals surface area contributed by atoms with E-state index in [1.165, 1.54) is 0 Å². The molecule has 0 aliphatic rings. The van der Waals surface area contributed by atoms with Crippen LogP contribution in [0.3, 0.4) is 0 Å². The van der Waals surface area contributed by atoms with Gasteiger partial charge in [-0.25, -0.2) is 0 Å². The molecule has 0 saturated carbocycles. The van der Waals surface area contributed by atoms with Crippen molar-refractivity contribution in [3.63, 3.8) is 0 Å². The summed E-state index contributed by atoms with van der Waals surface area (Å²) in [6, 6.07) is 14.7. The van der Waals surface area contributed by atoms with Gasteiger partial charge in [-0.05, 0) is 38.1 Å². The number of hydrogen-bond acceptors (Lipinski definition) is 1. The number of para-hydroxylation sites is 1. The van der Waals surface area contributed by atoms with Crippen LogP contribution in [0.4, 0.5) is 5.69 Å². The molecule has 0 radical (unpaired) electrons. The predicted octanol–water partition coefficient (Wildman–Crippen LogP) is 3.65. The summed E-state index contributed by atoms with van der Waals surface area (Å²) in [4.78, 5) is 12.2. The Morgan fingerprint density at radius 2 is 1.77 bits per heavy atom. The molecule has 2 aromatic rings. The van der Waals surface area contributed by atoms with E-state index in [2.05, 4.69) is 5.32 Å². The molecule has 0 aliphatic carbocycles. The van der Waals surface area contributed by atoms with Gasteiger partial charge < -0.3 is 10.6 Å². The number of carbonyl (C=O) groups is 1. The minimum absolute atomic E-state index is 0.0388. The molecular weight excluding hydrogens is 319 g/mol. The summed E-state index contributed by atoms with van der Waals surface area (Å²) in [7, 11) is 0. The number of benzene rings is 2. The summed E-state index contributed by atoms with van der Waals surface area (Å²) in [6.07, 6.45) is 0. The summed E-state index contributed by atoms with van der Waals surface area (Å²) in [5, 5.41) is 6.10. The van der Waals surface area contributed by atoms with Crippen molar-refractivity contribution in [2.45, 2.75) is 25.9 Å². The first kappa shape index (κ1) is 16.8. The zero-order valence-electron chi connectivity index (χ0n) is 12.5. The molecule has 0 saturated heterocycles. The highest BCUT2D eigenvalue weighted by Gasteiger charge is 2.21. The summed E-state index contributed by atoms with van der Waals surface area (Å²) >= 11 is 12.1. The molecule has 1 amide bonds. The van der Waals surface area contributed by atoms with Crippen molar-refractivity contribution in [1.82, 2.24) is 0 Å². The Labute approximate surface area is 140 Å². The molecule has 3 N–H and O–H groups in total. The average Bonchev–Trinajstić information content (AvgIpc) is 2.47. The quantitative estimate of drug-likeness (QED) is 0.859. The standard InChI is InChI=1S/C17H18Cl2N2O/c1-11(15-9-8-13(18)10-16(15)19)20-12(2)17(22)21-14-6-4-3-5-7-14/h3-12,20H,1-2H3,(H,21,22)/p+1/t11-,12-/m0/s1. The van der Waals surface area contributed by atoms with Crippen molar-refractivity contribution in [2.75, 3.05) is 5.32 Å². The van der Waals surface area contributed by atoms with Crippen LogP contribution in [0.1, 0.15) is 25.5 Å². The Hall–Kier alpha value is -1.55. The molecule has 0 spiro atoms. The zero-order valence-corrected chi connectivity index (χ0v) is 14.0. The van der Waals surface area contributed by atoms with Crippen molar-refractivity contribution < 1.29 is 10.1 Å². The average molecular weight is 338 g/mol. The highest BCUT2D eigenvalue weighted by Crippen LogP contribution is 2.24. The minimum Gasteiger partial charge on any atom is -0.330 e. The molecule has 2 atom stereocenters. The SMILES string of the molecule is C[C@H]([NH2+][C@@H](C)c1ccc(Cl)cc1Cl)C(=O)Nc1ccccc1. The van der Waals surface area contributed by atoms with Crippen LogP contribution < -0.4 is 10.6 Å². The van der Waals surface area contributed by atoms with Gasteiger partial charge in [0.25, 0.3) is 5.91 Å². The number of quaternary nitrogens is 1. The topological polar surface area (TPSA) is 45.7 Å². The van der Waals surface area contributed by atoms with E-state index in [1.807, 2.05) is 61.6 Å². The minimum atomic E-state index is -0.234. The van der Waals surface area contributed by atoms with E-state index in [1.54, 1.807) is 6.07 Å². The molecule has 0 aromatic heterocycles. The van der Waals surface area contributed by atoms with E-state index in [4.69, 9.17) is 23.2 Å². The number of anilines is 1. The van der Waals surface area contributed by atoms with Crippen molar-refractivity contribution in [3.05, 3.63) is 64.1 Å². The monoisotopic (exact) mass is 337 g/mol. The lowest BCUT2D eigenvalue weighted by molar-refractivity contribution is -0.709. The van der Waals surface area contributed by atoms with Crippen LogP contribution in [-0.4, -0.2) is 11.9 Å². The van der Waals surface area contributed by atoms with Gasteiger partial charge in [-0.15, -0.1) is 0 Å². The molecule has 5 heteroatoms. The van der Waals surface area contributed by atoms with Gasteiger partial charge in [0, 0.05) is 16.3 Å². The van der Waals surface area contributed by atoms with Gasteiger partial charge in [0.2, 0.25) is 0 Å². The highest BCUT2D eigenvalue weighted by molar-refractivity contribution is 6.35. The number of halogens is 2.